The zero-order valence-corrected chi connectivity index (χ0v) is 7.23. The topological polar surface area (TPSA) is 21.3 Å². The van der Waals surface area contributed by atoms with Gasteiger partial charge in [-0.25, -0.2) is 0 Å². The van der Waals surface area contributed by atoms with Gasteiger partial charge in [-0.15, -0.1) is 0 Å². The Morgan fingerprint density at radius 3 is 3.23 bits per heavy atom. The van der Waals surface area contributed by atoms with Gasteiger partial charge in [0.2, 0.25) is 0 Å². The summed E-state index contributed by atoms with van der Waals surface area (Å²) in [5, 5.41) is 0. The molecule has 0 saturated heterocycles. The van der Waals surface area contributed by atoms with Crippen molar-refractivity contribution in [2.45, 2.75) is 12.5 Å². The molecule has 1 fully saturated rings. The SMILES string of the molecule is C1=C\C2CC2NOc2ccccc2/1. The highest BCUT2D eigenvalue weighted by Gasteiger charge is 2.36. The molecule has 2 atom stereocenters. The zero-order chi connectivity index (χ0) is 8.67. The Hall–Kier alpha value is -1.28. The molecule has 0 spiro atoms. The standard InChI is InChI=1S/C11H11NO/c1-2-4-11-8(3-1)5-6-9-7-10(9)12-13-11/h1-6,9-10,12H,7H2/b6-5-. The van der Waals surface area contributed by atoms with Crippen LogP contribution in [0.15, 0.2) is 30.3 Å². The molecule has 1 heterocycles. The zero-order valence-electron chi connectivity index (χ0n) is 7.23. The van der Waals surface area contributed by atoms with Gasteiger partial charge in [-0.05, 0) is 18.4 Å². The smallest absolute Gasteiger partial charge is 0.154 e. The van der Waals surface area contributed by atoms with Crippen LogP contribution in [-0.2, 0) is 0 Å². The number of fused-ring (bicyclic) bond motifs is 2. The van der Waals surface area contributed by atoms with Crippen LogP contribution in [-0.4, -0.2) is 6.04 Å². The van der Waals surface area contributed by atoms with Crippen LogP contribution in [0.4, 0.5) is 0 Å². The predicted molar refractivity (Wildman–Crippen MR) is 51.1 cm³/mol. The van der Waals surface area contributed by atoms with Crippen molar-refractivity contribution in [3.05, 3.63) is 35.9 Å². The Morgan fingerprint density at radius 2 is 2.23 bits per heavy atom. The monoisotopic (exact) mass is 173 g/mol. The second kappa shape index (κ2) is 2.60. The fourth-order valence-electron chi connectivity index (χ4n) is 1.64. The van der Waals surface area contributed by atoms with E-state index in [1.807, 2.05) is 18.2 Å². The van der Waals surface area contributed by atoms with Crippen molar-refractivity contribution in [2.24, 2.45) is 5.92 Å². The first-order valence-corrected chi connectivity index (χ1v) is 4.63. The molecule has 0 aromatic heterocycles. The predicted octanol–water partition coefficient (Wildman–Crippen LogP) is 1.99. The summed E-state index contributed by atoms with van der Waals surface area (Å²) in [6.45, 7) is 0. The van der Waals surface area contributed by atoms with Gasteiger partial charge < -0.3 is 4.84 Å². The third-order valence-electron chi connectivity index (χ3n) is 2.60. The first-order valence-electron chi connectivity index (χ1n) is 4.63. The van der Waals surface area contributed by atoms with Gasteiger partial charge in [0.15, 0.2) is 5.75 Å². The second-order valence-electron chi connectivity index (χ2n) is 3.62. The maximum Gasteiger partial charge on any atom is 0.154 e. The van der Waals surface area contributed by atoms with E-state index in [4.69, 9.17) is 4.84 Å². The number of rotatable bonds is 0. The Kier molecular flexibility index (Phi) is 1.43. The summed E-state index contributed by atoms with van der Waals surface area (Å²) in [4.78, 5) is 5.48. The summed E-state index contributed by atoms with van der Waals surface area (Å²) in [5.41, 5.74) is 4.22. The average Bonchev–Trinajstić information content (AvgIpc) is 2.87. The molecule has 0 radical (unpaired) electrons. The average molecular weight is 173 g/mol. The first kappa shape index (κ1) is 7.15. The second-order valence-corrected chi connectivity index (χ2v) is 3.62. The third kappa shape index (κ3) is 1.23. The number of hydrogen-bond donors (Lipinski definition) is 1. The van der Waals surface area contributed by atoms with E-state index in [1.165, 1.54) is 6.42 Å². The van der Waals surface area contributed by atoms with Gasteiger partial charge in [0, 0.05) is 11.6 Å². The Morgan fingerprint density at radius 1 is 1.31 bits per heavy atom. The highest BCUT2D eigenvalue weighted by atomic mass is 16.6. The lowest BCUT2D eigenvalue weighted by atomic mass is 10.1. The van der Waals surface area contributed by atoms with Crippen LogP contribution in [0.1, 0.15) is 12.0 Å². The van der Waals surface area contributed by atoms with Gasteiger partial charge in [0.1, 0.15) is 0 Å². The van der Waals surface area contributed by atoms with Gasteiger partial charge in [0.25, 0.3) is 0 Å². The molecule has 1 aliphatic carbocycles. The van der Waals surface area contributed by atoms with Crippen molar-refractivity contribution in [1.82, 2.24) is 5.48 Å². The van der Waals surface area contributed by atoms with Crippen LogP contribution >= 0.6 is 0 Å². The van der Waals surface area contributed by atoms with Gasteiger partial charge >= 0.3 is 0 Å². The molecule has 66 valence electrons. The molecule has 2 aliphatic rings. The molecule has 0 bridgehead atoms. The van der Waals surface area contributed by atoms with E-state index in [1.54, 1.807) is 0 Å². The molecule has 2 nitrogen and oxygen atoms in total. The summed E-state index contributed by atoms with van der Waals surface area (Å²) < 4.78 is 0. The molecule has 1 N–H and O–H groups in total. The Balaban J connectivity index is 2.01. The molecule has 1 aromatic rings. The van der Waals surface area contributed by atoms with Crippen LogP contribution in [0.3, 0.4) is 0 Å². The molecule has 2 heteroatoms. The van der Waals surface area contributed by atoms with E-state index in [-0.39, 0.29) is 0 Å². The minimum Gasteiger partial charge on any atom is -0.408 e. The lowest BCUT2D eigenvalue weighted by molar-refractivity contribution is 0.185. The summed E-state index contributed by atoms with van der Waals surface area (Å²) in [6.07, 6.45) is 5.62. The lowest BCUT2D eigenvalue weighted by Gasteiger charge is -2.10. The number of hydrogen-bond acceptors (Lipinski definition) is 2. The normalized spacial score (nSPS) is 31.7. The van der Waals surface area contributed by atoms with E-state index in [9.17, 15) is 0 Å². The Bertz CT molecular complexity index is 359. The summed E-state index contributed by atoms with van der Waals surface area (Å²) in [6, 6.07) is 8.59. The quantitative estimate of drug-likeness (QED) is 0.647. The van der Waals surface area contributed by atoms with Crippen molar-refractivity contribution < 1.29 is 4.84 Å². The number of para-hydroxylation sites is 1. The fraction of sp³-hybridized carbons (Fsp3) is 0.273. The van der Waals surface area contributed by atoms with Gasteiger partial charge in [-0.2, -0.15) is 5.48 Å². The molecule has 1 aromatic carbocycles. The molecule has 2 unspecified atom stereocenters. The molecular weight excluding hydrogens is 162 g/mol. The number of benzene rings is 1. The minimum absolute atomic E-state index is 0.532. The van der Waals surface area contributed by atoms with Gasteiger partial charge in [-0.3, -0.25) is 0 Å². The van der Waals surface area contributed by atoms with Crippen LogP contribution < -0.4 is 10.3 Å². The highest BCUT2D eigenvalue weighted by Crippen LogP contribution is 2.35. The maximum absolute atomic E-state index is 5.48. The van der Waals surface area contributed by atoms with E-state index in [0.717, 1.165) is 11.3 Å². The van der Waals surface area contributed by atoms with Gasteiger partial charge in [0.05, 0.1) is 0 Å². The summed E-state index contributed by atoms with van der Waals surface area (Å²) in [7, 11) is 0. The number of hydroxylamine groups is 1. The molecule has 3 rings (SSSR count). The van der Waals surface area contributed by atoms with Crippen LogP contribution in [0.5, 0.6) is 5.75 Å². The largest absolute Gasteiger partial charge is 0.408 e. The van der Waals surface area contributed by atoms with Crippen molar-refractivity contribution >= 4 is 6.08 Å². The fourth-order valence-corrected chi connectivity index (χ4v) is 1.64. The molecule has 1 saturated carbocycles. The summed E-state index contributed by atoms with van der Waals surface area (Å²) in [5.74, 6) is 1.59. The van der Waals surface area contributed by atoms with E-state index in [2.05, 4.69) is 23.7 Å². The third-order valence-corrected chi connectivity index (χ3v) is 2.60. The van der Waals surface area contributed by atoms with Crippen LogP contribution in [0.25, 0.3) is 6.08 Å². The molecular formula is C11H11NO. The van der Waals surface area contributed by atoms with E-state index < -0.39 is 0 Å². The lowest BCUT2D eigenvalue weighted by Crippen LogP contribution is -2.23. The maximum atomic E-state index is 5.48. The first-order chi connectivity index (χ1) is 6.43. The number of nitrogens with one attached hydrogen (secondary N) is 1. The van der Waals surface area contributed by atoms with Crippen LogP contribution in [0, 0.1) is 5.92 Å². The van der Waals surface area contributed by atoms with E-state index in [0.29, 0.717) is 12.0 Å². The van der Waals surface area contributed by atoms with Crippen molar-refractivity contribution in [3.63, 3.8) is 0 Å². The minimum atomic E-state index is 0.532. The molecule has 13 heavy (non-hydrogen) atoms. The van der Waals surface area contributed by atoms with Gasteiger partial charge in [-0.1, -0.05) is 30.4 Å². The van der Waals surface area contributed by atoms with E-state index >= 15 is 0 Å². The molecule has 0 amide bonds. The van der Waals surface area contributed by atoms with Crippen molar-refractivity contribution in [2.75, 3.05) is 0 Å². The molecule has 1 aliphatic heterocycles. The van der Waals surface area contributed by atoms with Crippen molar-refractivity contribution in [1.29, 1.82) is 0 Å². The van der Waals surface area contributed by atoms with Crippen molar-refractivity contribution in [3.8, 4) is 5.75 Å². The van der Waals surface area contributed by atoms with Crippen LogP contribution in [0.2, 0.25) is 0 Å². The highest BCUT2D eigenvalue weighted by molar-refractivity contribution is 5.58. The summed E-state index contributed by atoms with van der Waals surface area (Å²) >= 11 is 0. The Labute approximate surface area is 77.2 Å².